The molecule has 0 radical (unpaired) electrons. The summed E-state index contributed by atoms with van der Waals surface area (Å²) in [6.07, 6.45) is 4.77. The van der Waals surface area contributed by atoms with Gasteiger partial charge in [0.15, 0.2) is 0 Å². The van der Waals surface area contributed by atoms with Gasteiger partial charge >= 0.3 is 0 Å². The third-order valence-electron chi connectivity index (χ3n) is 4.60. The number of aromatic nitrogens is 2. The van der Waals surface area contributed by atoms with Crippen LogP contribution < -0.4 is 10.2 Å². The maximum atomic E-state index is 4.64. The average Bonchev–Trinajstić information content (AvgIpc) is 2.59. The number of hydrogen-bond donors (Lipinski definition) is 1. The van der Waals surface area contributed by atoms with Crippen molar-refractivity contribution in [1.82, 2.24) is 9.97 Å². The summed E-state index contributed by atoms with van der Waals surface area (Å²) in [4.78, 5) is 11.6. The van der Waals surface area contributed by atoms with E-state index in [2.05, 4.69) is 63.5 Å². The van der Waals surface area contributed by atoms with E-state index in [0.717, 1.165) is 55.9 Å². The second-order valence-electron chi connectivity index (χ2n) is 6.87. The van der Waals surface area contributed by atoms with Crippen molar-refractivity contribution in [3.05, 3.63) is 47.8 Å². The summed E-state index contributed by atoms with van der Waals surface area (Å²) in [5.74, 6) is 3.61. The molecule has 0 saturated carbocycles. The van der Waals surface area contributed by atoms with Crippen LogP contribution in [0.5, 0.6) is 0 Å². The lowest BCUT2D eigenvalue weighted by molar-refractivity contribution is 0.444. The van der Waals surface area contributed by atoms with Crippen LogP contribution in [0.25, 0.3) is 0 Å². The number of anilines is 2. The molecule has 1 atom stereocenters. The van der Waals surface area contributed by atoms with Gasteiger partial charge in [0.2, 0.25) is 0 Å². The van der Waals surface area contributed by atoms with Gasteiger partial charge in [0, 0.05) is 25.7 Å². The molecule has 3 rings (SSSR count). The summed E-state index contributed by atoms with van der Waals surface area (Å²) in [5.41, 5.74) is 1.39. The van der Waals surface area contributed by atoms with Crippen molar-refractivity contribution in [2.75, 3.05) is 29.9 Å². The molecule has 1 fully saturated rings. The van der Waals surface area contributed by atoms with Gasteiger partial charge in [-0.1, -0.05) is 37.3 Å². The van der Waals surface area contributed by atoms with Crippen molar-refractivity contribution < 1.29 is 0 Å². The highest BCUT2D eigenvalue weighted by Gasteiger charge is 2.18. The van der Waals surface area contributed by atoms with Gasteiger partial charge < -0.3 is 10.2 Å². The third-order valence-corrected chi connectivity index (χ3v) is 4.60. The van der Waals surface area contributed by atoms with Gasteiger partial charge in [-0.15, -0.1) is 0 Å². The lowest BCUT2D eigenvalue weighted by atomic mass is 10.0. The minimum Gasteiger partial charge on any atom is -0.370 e. The molecule has 1 aromatic carbocycles. The Morgan fingerprint density at radius 1 is 1.21 bits per heavy atom. The lowest BCUT2D eigenvalue weighted by Gasteiger charge is -2.32. The van der Waals surface area contributed by atoms with Crippen LogP contribution in [-0.4, -0.2) is 29.6 Å². The lowest BCUT2D eigenvalue weighted by Crippen LogP contribution is -2.35. The molecular weight excluding hydrogens is 296 g/mol. The van der Waals surface area contributed by atoms with E-state index in [1.807, 2.05) is 6.92 Å². The first-order valence-corrected chi connectivity index (χ1v) is 9.09. The number of aryl methyl sites for hydroxylation is 2. The Morgan fingerprint density at radius 3 is 2.83 bits per heavy atom. The molecule has 2 heterocycles. The monoisotopic (exact) mass is 324 g/mol. The number of nitrogens with zero attached hydrogens (tertiary/aromatic N) is 3. The molecule has 0 aliphatic carbocycles. The van der Waals surface area contributed by atoms with E-state index in [9.17, 15) is 0 Å². The molecular formula is C20H28N4. The average molecular weight is 324 g/mol. The van der Waals surface area contributed by atoms with Crippen LogP contribution in [0.3, 0.4) is 0 Å². The first-order chi connectivity index (χ1) is 11.7. The second kappa shape index (κ2) is 8.13. The maximum Gasteiger partial charge on any atom is 0.134 e. The fraction of sp³-hybridized carbons (Fsp3) is 0.500. The number of rotatable bonds is 6. The van der Waals surface area contributed by atoms with Crippen molar-refractivity contribution in [2.45, 2.75) is 39.5 Å². The second-order valence-corrected chi connectivity index (χ2v) is 6.87. The van der Waals surface area contributed by atoms with Crippen LogP contribution in [0.2, 0.25) is 0 Å². The maximum absolute atomic E-state index is 4.64. The van der Waals surface area contributed by atoms with Crippen LogP contribution in [-0.2, 0) is 6.42 Å². The van der Waals surface area contributed by atoms with Crippen LogP contribution >= 0.6 is 0 Å². The molecule has 1 aliphatic heterocycles. The summed E-state index contributed by atoms with van der Waals surface area (Å²) in [7, 11) is 0. The summed E-state index contributed by atoms with van der Waals surface area (Å²) in [6, 6.07) is 12.7. The van der Waals surface area contributed by atoms with Crippen LogP contribution in [0.1, 0.15) is 37.6 Å². The Labute approximate surface area is 145 Å². The minimum absolute atomic E-state index is 0.747. The molecule has 1 unspecified atom stereocenters. The predicted octanol–water partition coefficient (Wildman–Crippen LogP) is 4.07. The molecule has 128 valence electrons. The molecule has 0 bridgehead atoms. The van der Waals surface area contributed by atoms with E-state index < -0.39 is 0 Å². The zero-order chi connectivity index (χ0) is 16.8. The van der Waals surface area contributed by atoms with Crippen molar-refractivity contribution in [3.8, 4) is 0 Å². The van der Waals surface area contributed by atoms with Gasteiger partial charge in [0.05, 0.1) is 0 Å². The van der Waals surface area contributed by atoms with Crippen LogP contribution in [0.4, 0.5) is 11.6 Å². The zero-order valence-corrected chi connectivity index (χ0v) is 14.8. The van der Waals surface area contributed by atoms with Crippen LogP contribution in [0, 0.1) is 12.8 Å². The Balaban J connectivity index is 1.55. The SMILES string of the molecule is Cc1nc(NCCCc2ccccc2)cc(N2CCCC(C)C2)n1. The van der Waals surface area contributed by atoms with Gasteiger partial charge in [-0.2, -0.15) is 0 Å². The highest BCUT2D eigenvalue weighted by molar-refractivity contribution is 5.49. The highest BCUT2D eigenvalue weighted by Crippen LogP contribution is 2.23. The summed E-state index contributed by atoms with van der Waals surface area (Å²) < 4.78 is 0. The Morgan fingerprint density at radius 2 is 2.04 bits per heavy atom. The Kier molecular flexibility index (Phi) is 5.68. The minimum atomic E-state index is 0.747. The van der Waals surface area contributed by atoms with Gasteiger partial charge in [-0.25, -0.2) is 9.97 Å². The molecule has 4 nitrogen and oxygen atoms in total. The van der Waals surface area contributed by atoms with Crippen molar-refractivity contribution >= 4 is 11.6 Å². The number of hydrogen-bond acceptors (Lipinski definition) is 4. The standard InChI is InChI=1S/C20H28N4/c1-16-8-7-13-24(15-16)20-14-19(22-17(2)23-20)21-12-6-11-18-9-4-3-5-10-18/h3-5,9-10,14,16H,6-8,11-13,15H2,1-2H3,(H,21,22,23). The third kappa shape index (κ3) is 4.70. The first kappa shape index (κ1) is 16.7. The van der Waals surface area contributed by atoms with E-state index >= 15 is 0 Å². The summed E-state index contributed by atoms with van der Waals surface area (Å²) in [6.45, 7) is 7.44. The molecule has 4 heteroatoms. The molecule has 1 aliphatic rings. The highest BCUT2D eigenvalue weighted by atomic mass is 15.2. The van der Waals surface area contributed by atoms with E-state index in [1.54, 1.807) is 0 Å². The van der Waals surface area contributed by atoms with Crippen molar-refractivity contribution in [2.24, 2.45) is 5.92 Å². The quantitative estimate of drug-likeness (QED) is 0.813. The van der Waals surface area contributed by atoms with Gasteiger partial charge in [-0.3, -0.25) is 0 Å². The largest absolute Gasteiger partial charge is 0.370 e. The van der Waals surface area contributed by atoms with Crippen molar-refractivity contribution in [3.63, 3.8) is 0 Å². The Hall–Kier alpha value is -2.10. The summed E-state index contributed by atoms with van der Waals surface area (Å²) in [5, 5.41) is 3.47. The van der Waals surface area contributed by atoms with Gasteiger partial charge in [-0.05, 0) is 44.1 Å². The van der Waals surface area contributed by atoms with Gasteiger partial charge in [0.1, 0.15) is 17.5 Å². The topological polar surface area (TPSA) is 41.1 Å². The Bertz CT molecular complexity index is 641. The molecule has 0 amide bonds. The van der Waals surface area contributed by atoms with E-state index in [1.165, 1.54) is 18.4 Å². The number of piperidine rings is 1. The number of nitrogens with one attached hydrogen (secondary N) is 1. The zero-order valence-electron chi connectivity index (χ0n) is 14.8. The first-order valence-electron chi connectivity index (χ1n) is 9.09. The molecule has 1 saturated heterocycles. The fourth-order valence-electron chi connectivity index (χ4n) is 3.36. The normalized spacial score (nSPS) is 17.8. The van der Waals surface area contributed by atoms with Gasteiger partial charge in [0.25, 0.3) is 0 Å². The van der Waals surface area contributed by atoms with Crippen LogP contribution in [0.15, 0.2) is 36.4 Å². The molecule has 24 heavy (non-hydrogen) atoms. The molecule has 1 N–H and O–H groups in total. The predicted molar refractivity (Wildman–Crippen MR) is 101 cm³/mol. The summed E-state index contributed by atoms with van der Waals surface area (Å²) >= 11 is 0. The van der Waals surface area contributed by atoms with E-state index in [-0.39, 0.29) is 0 Å². The smallest absolute Gasteiger partial charge is 0.134 e. The number of benzene rings is 1. The van der Waals surface area contributed by atoms with E-state index in [4.69, 9.17) is 0 Å². The molecule has 1 aromatic heterocycles. The fourth-order valence-corrected chi connectivity index (χ4v) is 3.36. The molecule has 0 spiro atoms. The van der Waals surface area contributed by atoms with Crippen molar-refractivity contribution in [1.29, 1.82) is 0 Å². The van der Waals surface area contributed by atoms with E-state index in [0.29, 0.717) is 0 Å². The molecule has 2 aromatic rings.